The van der Waals surface area contributed by atoms with Crippen LogP contribution in [0.4, 0.5) is 0 Å². The molecule has 13 heavy (non-hydrogen) atoms. The summed E-state index contributed by atoms with van der Waals surface area (Å²) in [5.41, 5.74) is 0.430. The first kappa shape index (κ1) is 9.82. The van der Waals surface area contributed by atoms with Gasteiger partial charge >= 0.3 is 5.97 Å². The molecule has 0 amide bonds. The highest BCUT2D eigenvalue weighted by Crippen LogP contribution is 2.26. The average molecular weight is 198 g/mol. The van der Waals surface area contributed by atoms with Crippen LogP contribution in [-0.2, 0) is 9.53 Å². The zero-order chi connectivity index (χ0) is 9.84. The van der Waals surface area contributed by atoms with Crippen LogP contribution in [0.15, 0.2) is 22.8 Å². The first-order valence-corrected chi connectivity index (χ1v) is 4.11. The predicted molar refractivity (Wildman–Crippen MR) is 47.8 cm³/mol. The third-order valence-electron chi connectivity index (χ3n) is 1.83. The van der Waals surface area contributed by atoms with Crippen molar-refractivity contribution >= 4 is 17.6 Å². The molecule has 0 radical (unpaired) electrons. The summed E-state index contributed by atoms with van der Waals surface area (Å²) in [6.07, 6.45) is 3.54. The Labute approximate surface area is 81.2 Å². The van der Waals surface area contributed by atoms with Gasteiger partial charge in [-0.05, 0) is 6.08 Å². The molecule has 1 unspecified atom stereocenters. The van der Waals surface area contributed by atoms with Gasteiger partial charge in [0.2, 0.25) is 0 Å². The lowest BCUT2D eigenvalue weighted by molar-refractivity contribution is -0.143. The van der Waals surface area contributed by atoms with Crippen LogP contribution in [0.25, 0.3) is 0 Å². The van der Waals surface area contributed by atoms with Gasteiger partial charge in [0.05, 0.1) is 24.1 Å². The molecule has 0 N–H and O–H groups in total. The molecule has 1 atom stereocenters. The van der Waals surface area contributed by atoms with Crippen molar-refractivity contribution in [2.75, 3.05) is 7.11 Å². The molecule has 0 aromatic carbocycles. The van der Waals surface area contributed by atoms with Gasteiger partial charge in [0.1, 0.15) is 0 Å². The lowest BCUT2D eigenvalue weighted by atomic mass is 9.95. The van der Waals surface area contributed by atoms with Gasteiger partial charge < -0.3 is 4.74 Å². The number of methoxy groups -OCH3 is 1. The molecule has 0 spiro atoms. The summed E-state index contributed by atoms with van der Waals surface area (Å²) in [5, 5.41) is 9.06. The predicted octanol–water partition coefficient (Wildman–Crippen LogP) is 1.75. The Morgan fingerprint density at radius 2 is 2.54 bits per heavy atom. The van der Waals surface area contributed by atoms with Crippen molar-refractivity contribution < 1.29 is 9.53 Å². The Bertz CT molecular complexity index is 325. The largest absolute Gasteiger partial charge is 0.469 e. The summed E-state index contributed by atoms with van der Waals surface area (Å²) < 4.78 is 4.55. The zero-order valence-corrected chi connectivity index (χ0v) is 7.84. The molecule has 1 rings (SSSR count). The van der Waals surface area contributed by atoms with E-state index in [1.54, 1.807) is 12.2 Å². The van der Waals surface area contributed by atoms with Crippen LogP contribution in [-0.4, -0.2) is 13.1 Å². The Morgan fingerprint density at radius 3 is 3.08 bits per heavy atom. The number of carbonyl (C=O) groups is 1. The van der Waals surface area contributed by atoms with E-state index in [2.05, 4.69) is 4.74 Å². The molecule has 0 heterocycles. The van der Waals surface area contributed by atoms with Crippen LogP contribution in [0.3, 0.4) is 0 Å². The molecule has 1 aliphatic carbocycles. The van der Waals surface area contributed by atoms with Crippen molar-refractivity contribution in [2.45, 2.75) is 6.42 Å². The van der Waals surface area contributed by atoms with Crippen molar-refractivity contribution in [1.82, 2.24) is 0 Å². The van der Waals surface area contributed by atoms with Gasteiger partial charge in [-0.15, -0.1) is 0 Å². The van der Waals surface area contributed by atoms with Gasteiger partial charge in [0, 0.05) is 12.0 Å². The van der Waals surface area contributed by atoms with E-state index in [0.29, 0.717) is 17.0 Å². The molecule has 0 saturated carbocycles. The fourth-order valence-corrected chi connectivity index (χ4v) is 1.29. The number of rotatable bonds is 1. The van der Waals surface area contributed by atoms with E-state index in [-0.39, 0.29) is 11.9 Å². The minimum atomic E-state index is -0.373. The first-order valence-electron chi connectivity index (χ1n) is 3.73. The maximum absolute atomic E-state index is 11.1. The summed E-state index contributed by atoms with van der Waals surface area (Å²) in [4.78, 5) is 11.1. The maximum atomic E-state index is 11.1. The van der Waals surface area contributed by atoms with E-state index in [0.717, 1.165) is 0 Å². The van der Waals surface area contributed by atoms with Crippen LogP contribution < -0.4 is 0 Å². The Kier molecular flexibility index (Phi) is 3.10. The Balaban J connectivity index is 2.79. The molecule has 4 heteroatoms. The van der Waals surface area contributed by atoms with Crippen LogP contribution in [0.1, 0.15) is 6.42 Å². The Morgan fingerprint density at radius 1 is 1.85 bits per heavy atom. The molecule has 0 saturated heterocycles. The van der Waals surface area contributed by atoms with E-state index >= 15 is 0 Å². The van der Waals surface area contributed by atoms with Crippen LogP contribution in [0.5, 0.6) is 0 Å². The number of hydrogen-bond acceptors (Lipinski definition) is 3. The van der Waals surface area contributed by atoms with Crippen LogP contribution in [0.2, 0.25) is 0 Å². The molecule has 0 aliphatic heterocycles. The monoisotopic (exact) mass is 197 g/mol. The molecule has 68 valence electrons. The third-order valence-corrected chi connectivity index (χ3v) is 2.18. The summed E-state index contributed by atoms with van der Waals surface area (Å²) in [5.74, 6) is -0.713. The smallest absolute Gasteiger partial charge is 0.312 e. The fourth-order valence-electron chi connectivity index (χ4n) is 1.10. The second kappa shape index (κ2) is 4.11. The number of halogens is 1. The van der Waals surface area contributed by atoms with Gasteiger partial charge in [-0.2, -0.15) is 5.26 Å². The van der Waals surface area contributed by atoms with E-state index in [9.17, 15) is 4.79 Å². The van der Waals surface area contributed by atoms with Gasteiger partial charge in [-0.25, -0.2) is 0 Å². The zero-order valence-electron chi connectivity index (χ0n) is 7.08. The highest BCUT2D eigenvalue weighted by Gasteiger charge is 2.22. The molecule has 0 fully saturated rings. The Hall–Kier alpha value is -1.27. The van der Waals surface area contributed by atoms with E-state index in [1.807, 2.05) is 6.07 Å². The number of nitriles is 1. The van der Waals surface area contributed by atoms with Crippen molar-refractivity contribution in [3.05, 3.63) is 22.8 Å². The van der Waals surface area contributed by atoms with E-state index in [1.165, 1.54) is 7.11 Å². The number of esters is 1. The molecule has 3 nitrogen and oxygen atoms in total. The minimum absolute atomic E-state index is 0.332. The van der Waals surface area contributed by atoms with Crippen molar-refractivity contribution in [2.24, 2.45) is 5.92 Å². The molecule has 1 aliphatic rings. The summed E-state index contributed by atoms with van der Waals surface area (Å²) in [6.45, 7) is 0. The van der Waals surface area contributed by atoms with Crippen molar-refractivity contribution in [3.8, 4) is 6.07 Å². The van der Waals surface area contributed by atoms with Crippen molar-refractivity contribution in [3.63, 3.8) is 0 Å². The highest BCUT2D eigenvalue weighted by atomic mass is 35.5. The summed E-state index contributed by atoms with van der Waals surface area (Å²) >= 11 is 5.71. The fraction of sp³-hybridized carbons (Fsp3) is 0.333. The maximum Gasteiger partial charge on any atom is 0.312 e. The second-order valence-electron chi connectivity index (χ2n) is 2.63. The lowest BCUT2D eigenvalue weighted by Gasteiger charge is -2.13. The molecule has 0 bridgehead atoms. The molecule has 0 aromatic heterocycles. The lowest BCUT2D eigenvalue weighted by Crippen LogP contribution is -2.16. The van der Waals surface area contributed by atoms with Crippen LogP contribution in [0, 0.1) is 17.2 Å². The molecular weight excluding hydrogens is 190 g/mol. The number of carbonyl (C=O) groups excluding carboxylic acids is 1. The van der Waals surface area contributed by atoms with Gasteiger partial charge in [-0.3, -0.25) is 4.79 Å². The van der Waals surface area contributed by atoms with Crippen LogP contribution >= 0.6 is 11.6 Å². The second-order valence-corrected chi connectivity index (χ2v) is 3.04. The topological polar surface area (TPSA) is 50.1 Å². The average Bonchev–Trinajstić information content (AvgIpc) is 2.17. The van der Waals surface area contributed by atoms with E-state index in [4.69, 9.17) is 16.9 Å². The SMILES string of the molecule is COC(=O)C1C=CC(Cl)=C(C#N)C1. The normalized spacial score (nSPS) is 21.2. The number of hydrogen-bond donors (Lipinski definition) is 0. The van der Waals surface area contributed by atoms with Gasteiger partial charge in [0.25, 0.3) is 0 Å². The van der Waals surface area contributed by atoms with Crippen molar-refractivity contribution in [1.29, 1.82) is 5.26 Å². The van der Waals surface area contributed by atoms with Gasteiger partial charge in [-0.1, -0.05) is 17.7 Å². The first-order chi connectivity index (χ1) is 6.19. The standard InChI is InChI=1S/C9H8ClNO2/c1-13-9(12)6-2-3-8(10)7(4-6)5-11/h2-3,6H,4H2,1H3. The highest BCUT2D eigenvalue weighted by molar-refractivity contribution is 6.32. The van der Waals surface area contributed by atoms with Gasteiger partial charge in [0.15, 0.2) is 0 Å². The quantitative estimate of drug-likeness (QED) is 0.602. The van der Waals surface area contributed by atoms with E-state index < -0.39 is 0 Å². The minimum Gasteiger partial charge on any atom is -0.469 e. The summed E-state index contributed by atoms with van der Waals surface area (Å²) in [6, 6.07) is 1.95. The number of allylic oxidation sites excluding steroid dienone is 3. The number of nitrogens with zero attached hydrogens (tertiary/aromatic N) is 1. The number of ether oxygens (including phenoxy) is 1. The molecular formula is C9H8ClNO2. The third kappa shape index (κ3) is 2.10. The summed E-state index contributed by atoms with van der Waals surface area (Å²) in [7, 11) is 1.32. The molecule has 0 aromatic rings.